The molecule has 0 aliphatic rings. The van der Waals surface area contributed by atoms with Crippen molar-refractivity contribution in [1.29, 1.82) is 0 Å². The number of aliphatic hydroxyl groups excluding tert-OH is 1. The lowest BCUT2D eigenvalue weighted by atomic mass is 10.2. The van der Waals surface area contributed by atoms with Crippen molar-refractivity contribution in [3.8, 4) is 5.95 Å². The summed E-state index contributed by atoms with van der Waals surface area (Å²) in [5.41, 5.74) is 0.639. The third-order valence-electron chi connectivity index (χ3n) is 3.35. The van der Waals surface area contributed by atoms with Crippen LogP contribution in [0.1, 0.15) is 19.8 Å². The molecule has 3 aromatic rings. The zero-order valence-electron chi connectivity index (χ0n) is 12.2. The van der Waals surface area contributed by atoms with Crippen molar-refractivity contribution in [2.24, 2.45) is 0 Å². The molecule has 0 aliphatic carbocycles. The highest BCUT2D eigenvalue weighted by Crippen LogP contribution is 2.20. The van der Waals surface area contributed by atoms with Crippen LogP contribution in [0.2, 0.25) is 0 Å². The molecular formula is C14H17N7O. The Labute approximate surface area is 127 Å². The van der Waals surface area contributed by atoms with Gasteiger partial charge in [-0.1, -0.05) is 6.92 Å². The third-order valence-corrected chi connectivity index (χ3v) is 3.35. The molecule has 0 fully saturated rings. The van der Waals surface area contributed by atoms with E-state index in [2.05, 4.69) is 30.4 Å². The predicted molar refractivity (Wildman–Crippen MR) is 81.7 cm³/mol. The van der Waals surface area contributed by atoms with Crippen molar-refractivity contribution >= 4 is 16.9 Å². The lowest BCUT2D eigenvalue weighted by molar-refractivity contribution is 0.164. The topological polar surface area (TPSA) is 102 Å². The van der Waals surface area contributed by atoms with E-state index >= 15 is 0 Å². The Morgan fingerprint density at radius 3 is 2.82 bits per heavy atom. The van der Waals surface area contributed by atoms with Gasteiger partial charge in [0.05, 0.1) is 17.7 Å². The van der Waals surface area contributed by atoms with Gasteiger partial charge in [0.25, 0.3) is 5.95 Å². The van der Waals surface area contributed by atoms with Gasteiger partial charge in [-0.15, -0.1) is 0 Å². The number of aliphatic hydroxyl groups is 1. The van der Waals surface area contributed by atoms with Crippen LogP contribution in [-0.4, -0.2) is 47.5 Å². The van der Waals surface area contributed by atoms with E-state index in [0.717, 1.165) is 11.8 Å². The average Bonchev–Trinajstić information content (AvgIpc) is 3.00. The molecule has 2 N–H and O–H groups in total. The molecular weight excluding hydrogens is 282 g/mol. The van der Waals surface area contributed by atoms with E-state index in [-0.39, 0.29) is 6.10 Å². The summed E-state index contributed by atoms with van der Waals surface area (Å²) in [7, 11) is 0. The van der Waals surface area contributed by atoms with Gasteiger partial charge in [-0.25, -0.2) is 19.9 Å². The standard InChI is InChI=1S/C14H17N7O/c1-2-10(22)4-7-15-12-11-8-20-21(13(11)19-9-18-12)14-16-5-3-6-17-14/h3,5-6,8-10,22H,2,4,7H2,1H3,(H,15,18,19). The summed E-state index contributed by atoms with van der Waals surface area (Å²) < 4.78 is 1.57. The van der Waals surface area contributed by atoms with Crippen LogP contribution in [0.25, 0.3) is 17.0 Å². The van der Waals surface area contributed by atoms with Gasteiger partial charge in [-0.2, -0.15) is 9.78 Å². The van der Waals surface area contributed by atoms with Crippen molar-refractivity contribution in [2.75, 3.05) is 11.9 Å². The number of hydrogen-bond donors (Lipinski definition) is 2. The maximum Gasteiger partial charge on any atom is 0.252 e. The molecule has 114 valence electrons. The van der Waals surface area contributed by atoms with Gasteiger partial charge in [-0.3, -0.25) is 0 Å². The minimum absolute atomic E-state index is 0.301. The fourth-order valence-electron chi connectivity index (χ4n) is 2.09. The highest BCUT2D eigenvalue weighted by molar-refractivity contribution is 5.86. The quantitative estimate of drug-likeness (QED) is 0.704. The van der Waals surface area contributed by atoms with Crippen LogP contribution >= 0.6 is 0 Å². The first-order chi connectivity index (χ1) is 10.8. The highest BCUT2D eigenvalue weighted by atomic mass is 16.3. The minimum Gasteiger partial charge on any atom is -0.393 e. The molecule has 3 aromatic heterocycles. The van der Waals surface area contributed by atoms with E-state index in [4.69, 9.17) is 0 Å². The molecule has 1 atom stereocenters. The van der Waals surface area contributed by atoms with E-state index in [9.17, 15) is 5.11 Å². The summed E-state index contributed by atoms with van der Waals surface area (Å²) in [6, 6.07) is 1.75. The second kappa shape index (κ2) is 6.44. The summed E-state index contributed by atoms with van der Waals surface area (Å²) >= 11 is 0. The van der Waals surface area contributed by atoms with E-state index in [1.807, 2.05) is 6.92 Å². The minimum atomic E-state index is -0.301. The molecule has 0 aliphatic heterocycles. The van der Waals surface area contributed by atoms with Crippen LogP contribution < -0.4 is 5.32 Å². The Morgan fingerprint density at radius 2 is 2.05 bits per heavy atom. The van der Waals surface area contributed by atoms with Gasteiger partial charge in [0.15, 0.2) is 5.65 Å². The normalized spacial score (nSPS) is 12.5. The molecule has 0 saturated heterocycles. The Bertz CT molecular complexity index is 743. The molecule has 8 nitrogen and oxygen atoms in total. The summed E-state index contributed by atoms with van der Waals surface area (Å²) in [6.45, 7) is 2.59. The van der Waals surface area contributed by atoms with Crippen LogP contribution in [0.15, 0.2) is 31.0 Å². The molecule has 0 amide bonds. The zero-order valence-corrected chi connectivity index (χ0v) is 12.2. The molecule has 22 heavy (non-hydrogen) atoms. The van der Waals surface area contributed by atoms with Crippen molar-refractivity contribution < 1.29 is 5.11 Å². The van der Waals surface area contributed by atoms with Crippen molar-refractivity contribution in [3.05, 3.63) is 31.0 Å². The maximum atomic E-state index is 9.60. The fourth-order valence-corrected chi connectivity index (χ4v) is 2.09. The SMILES string of the molecule is CCC(O)CCNc1ncnc2c1cnn2-c1ncccn1. The van der Waals surface area contributed by atoms with Crippen molar-refractivity contribution in [1.82, 2.24) is 29.7 Å². The second-order valence-electron chi connectivity index (χ2n) is 4.84. The molecule has 3 rings (SSSR count). The molecule has 3 heterocycles. The van der Waals surface area contributed by atoms with Crippen LogP contribution in [-0.2, 0) is 0 Å². The summed E-state index contributed by atoms with van der Waals surface area (Å²) in [6.07, 6.45) is 7.57. The Morgan fingerprint density at radius 1 is 1.23 bits per heavy atom. The fraction of sp³-hybridized carbons (Fsp3) is 0.357. The lowest BCUT2D eigenvalue weighted by Gasteiger charge is -2.09. The highest BCUT2D eigenvalue weighted by Gasteiger charge is 2.12. The molecule has 0 saturated carbocycles. The van der Waals surface area contributed by atoms with Crippen LogP contribution in [0.4, 0.5) is 5.82 Å². The predicted octanol–water partition coefficient (Wildman–Crippen LogP) is 1.18. The molecule has 1 unspecified atom stereocenters. The average molecular weight is 299 g/mol. The number of hydrogen-bond acceptors (Lipinski definition) is 7. The van der Waals surface area contributed by atoms with E-state index in [1.54, 1.807) is 29.3 Å². The Kier molecular flexibility index (Phi) is 4.19. The van der Waals surface area contributed by atoms with Crippen LogP contribution in [0, 0.1) is 0 Å². The number of nitrogens with one attached hydrogen (secondary N) is 1. The number of aromatic nitrogens is 6. The Balaban J connectivity index is 1.86. The van der Waals surface area contributed by atoms with Gasteiger partial charge >= 0.3 is 0 Å². The molecule has 8 heteroatoms. The number of rotatable bonds is 6. The van der Waals surface area contributed by atoms with E-state index < -0.39 is 0 Å². The van der Waals surface area contributed by atoms with Gasteiger partial charge in [0.2, 0.25) is 0 Å². The van der Waals surface area contributed by atoms with Gasteiger partial charge in [-0.05, 0) is 18.9 Å². The van der Waals surface area contributed by atoms with Crippen molar-refractivity contribution in [2.45, 2.75) is 25.9 Å². The first-order valence-electron chi connectivity index (χ1n) is 7.17. The van der Waals surface area contributed by atoms with Crippen LogP contribution in [0.3, 0.4) is 0 Å². The lowest BCUT2D eigenvalue weighted by Crippen LogP contribution is -2.13. The summed E-state index contributed by atoms with van der Waals surface area (Å²) in [4.78, 5) is 16.8. The molecule has 0 radical (unpaired) electrons. The number of anilines is 1. The van der Waals surface area contributed by atoms with Gasteiger partial charge in [0.1, 0.15) is 12.1 Å². The van der Waals surface area contributed by atoms with E-state index in [0.29, 0.717) is 30.4 Å². The largest absolute Gasteiger partial charge is 0.393 e. The second-order valence-corrected chi connectivity index (χ2v) is 4.84. The first-order valence-corrected chi connectivity index (χ1v) is 7.17. The summed E-state index contributed by atoms with van der Waals surface area (Å²) in [5.74, 6) is 1.15. The zero-order chi connectivity index (χ0) is 15.4. The summed E-state index contributed by atoms with van der Waals surface area (Å²) in [5, 5.41) is 17.9. The number of fused-ring (bicyclic) bond motifs is 1. The van der Waals surface area contributed by atoms with Gasteiger partial charge in [0, 0.05) is 18.9 Å². The molecule has 0 bridgehead atoms. The maximum absolute atomic E-state index is 9.60. The smallest absolute Gasteiger partial charge is 0.252 e. The number of nitrogens with zero attached hydrogens (tertiary/aromatic N) is 6. The molecule has 0 spiro atoms. The van der Waals surface area contributed by atoms with Gasteiger partial charge < -0.3 is 10.4 Å². The Hall–Kier alpha value is -2.61. The monoisotopic (exact) mass is 299 g/mol. The van der Waals surface area contributed by atoms with Crippen molar-refractivity contribution in [3.63, 3.8) is 0 Å². The van der Waals surface area contributed by atoms with E-state index in [1.165, 1.54) is 6.33 Å². The third kappa shape index (κ3) is 2.86. The van der Waals surface area contributed by atoms with Crippen LogP contribution in [0.5, 0.6) is 0 Å². The molecule has 0 aromatic carbocycles. The first kappa shape index (κ1) is 14.3.